The van der Waals surface area contributed by atoms with Crippen LogP contribution < -0.4 is 4.72 Å². The Bertz CT molecular complexity index is 757. The second kappa shape index (κ2) is 5.05. The van der Waals surface area contributed by atoms with Crippen LogP contribution in [0.15, 0.2) is 24.3 Å². The van der Waals surface area contributed by atoms with Gasteiger partial charge in [0.2, 0.25) is 10.0 Å². The monoisotopic (exact) mass is 331 g/mol. The van der Waals surface area contributed by atoms with Gasteiger partial charge in [0.25, 0.3) is 0 Å². The van der Waals surface area contributed by atoms with E-state index in [2.05, 4.69) is 4.72 Å². The number of hydrogen-bond donors (Lipinski definition) is 2. The van der Waals surface area contributed by atoms with Crippen LogP contribution in [0, 0.1) is 0 Å². The van der Waals surface area contributed by atoms with Crippen molar-refractivity contribution in [3.05, 3.63) is 35.4 Å². The molecule has 0 saturated carbocycles. The molecule has 1 aliphatic carbocycles. The molecule has 2 N–H and O–H groups in total. The molecule has 0 spiro atoms. The number of nitrogens with one attached hydrogen (secondary N) is 1. The fourth-order valence-electron chi connectivity index (χ4n) is 2.99. The lowest BCUT2D eigenvalue weighted by Gasteiger charge is -2.20. The maximum Gasteiger partial charge on any atom is 0.216 e. The van der Waals surface area contributed by atoms with Gasteiger partial charge in [-0.3, -0.25) is 0 Å². The van der Waals surface area contributed by atoms with Gasteiger partial charge in [-0.2, -0.15) is 0 Å². The largest absolute Gasteiger partial charge is 0.391 e. The van der Waals surface area contributed by atoms with Gasteiger partial charge in [0.05, 0.1) is 28.9 Å². The van der Waals surface area contributed by atoms with Crippen LogP contribution in [0.25, 0.3) is 0 Å². The average Bonchev–Trinajstić information content (AvgIpc) is 2.91. The van der Waals surface area contributed by atoms with Gasteiger partial charge in [-0.1, -0.05) is 24.3 Å². The Kier molecular flexibility index (Phi) is 3.59. The first kappa shape index (κ1) is 15.0. The van der Waals surface area contributed by atoms with Gasteiger partial charge in [0.1, 0.15) is 0 Å². The Morgan fingerprint density at radius 2 is 1.95 bits per heavy atom. The first-order chi connectivity index (χ1) is 9.78. The number of fused-ring (bicyclic) bond motifs is 1. The molecule has 0 aromatic heterocycles. The molecular formula is C13H17NO5S2. The molecule has 1 heterocycles. The molecule has 0 radical (unpaired) electrons. The molecule has 2 aliphatic rings. The summed E-state index contributed by atoms with van der Waals surface area (Å²) in [5.74, 6) is -0.435. The lowest BCUT2D eigenvalue weighted by atomic mass is 10.1. The summed E-state index contributed by atoms with van der Waals surface area (Å²) in [6, 6.07) is 6.57. The smallest absolute Gasteiger partial charge is 0.216 e. The van der Waals surface area contributed by atoms with E-state index in [1.54, 1.807) is 12.1 Å². The normalized spacial score (nSPS) is 31.2. The third kappa shape index (κ3) is 2.85. The second-order valence-corrected chi connectivity index (χ2v) is 9.86. The summed E-state index contributed by atoms with van der Waals surface area (Å²) in [6.45, 7) is 0. The molecule has 1 unspecified atom stereocenters. The number of hydrogen-bond acceptors (Lipinski definition) is 5. The molecule has 1 aromatic rings. The van der Waals surface area contributed by atoms with Crippen molar-refractivity contribution in [2.24, 2.45) is 0 Å². The van der Waals surface area contributed by atoms with E-state index < -0.39 is 37.3 Å². The van der Waals surface area contributed by atoms with Crippen molar-refractivity contribution in [1.29, 1.82) is 0 Å². The highest BCUT2D eigenvalue weighted by Gasteiger charge is 2.41. The molecule has 1 saturated heterocycles. The Morgan fingerprint density at radius 3 is 2.62 bits per heavy atom. The van der Waals surface area contributed by atoms with Crippen molar-refractivity contribution in [2.45, 2.75) is 30.2 Å². The molecule has 1 aromatic carbocycles. The molecule has 6 nitrogen and oxygen atoms in total. The number of sulfone groups is 1. The maximum absolute atomic E-state index is 12.3. The van der Waals surface area contributed by atoms with Gasteiger partial charge < -0.3 is 5.11 Å². The molecular weight excluding hydrogens is 314 g/mol. The van der Waals surface area contributed by atoms with Crippen LogP contribution in [0.4, 0.5) is 0 Å². The summed E-state index contributed by atoms with van der Waals surface area (Å²) < 4.78 is 50.1. The molecule has 8 heteroatoms. The lowest BCUT2D eigenvalue weighted by Crippen LogP contribution is -2.40. The molecule has 0 bridgehead atoms. The highest BCUT2D eigenvalue weighted by molar-refractivity contribution is 7.95. The highest BCUT2D eigenvalue weighted by Crippen LogP contribution is 2.32. The van der Waals surface area contributed by atoms with E-state index in [9.17, 15) is 21.9 Å². The van der Waals surface area contributed by atoms with E-state index in [-0.39, 0.29) is 17.9 Å². The lowest BCUT2D eigenvalue weighted by molar-refractivity contribution is 0.151. The van der Waals surface area contributed by atoms with Crippen molar-refractivity contribution < 1.29 is 21.9 Å². The van der Waals surface area contributed by atoms with E-state index in [1.165, 1.54) is 0 Å². The minimum Gasteiger partial charge on any atom is -0.391 e. The van der Waals surface area contributed by atoms with Crippen molar-refractivity contribution in [3.8, 4) is 0 Å². The predicted octanol–water partition coefficient (Wildman–Crippen LogP) is -0.249. The number of aliphatic hydroxyl groups is 1. The molecule has 3 atom stereocenters. The Hall–Kier alpha value is -0.960. The molecule has 21 heavy (non-hydrogen) atoms. The Labute approximate surface area is 124 Å². The summed E-state index contributed by atoms with van der Waals surface area (Å²) in [4.78, 5) is 0. The van der Waals surface area contributed by atoms with Crippen molar-refractivity contribution >= 4 is 19.9 Å². The standard InChI is InChI=1S/C13H17NO5S2/c15-12-7-9-3-1-2-4-11(9)13(12)14-21(18,19)10-5-6-20(16,17)8-10/h1-4,10,12-15H,5-8H2/t10?,12-,13+/m1/s1. The van der Waals surface area contributed by atoms with Crippen LogP contribution in [0.2, 0.25) is 0 Å². The van der Waals surface area contributed by atoms with Crippen LogP contribution in [-0.4, -0.2) is 44.8 Å². The van der Waals surface area contributed by atoms with Crippen LogP contribution in [0.1, 0.15) is 23.6 Å². The fourth-order valence-corrected chi connectivity index (χ4v) is 7.28. The number of benzene rings is 1. The van der Waals surface area contributed by atoms with Crippen LogP contribution in [0.3, 0.4) is 0 Å². The molecule has 3 rings (SSSR count). The topological polar surface area (TPSA) is 101 Å². The van der Waals surface area contributed by atoms with Gasteiger partial charge >= 0.3 is 0 Å². The van der Waals surface area contributed by atoms with Gasteiger partial charge in [-0.15, -0.1) is 0 Å². The Balaban J connectivity index is 1.83. The minimum atomic E-state index is -3.78. The average molecular weight is 331 g/mol. The maximum atomic E-state index is 12.3. The summed E-state index contributed by atoms with van der Waals surface area (Å²) >= 11 is 0. The summed E-state index contributed by atoms with van der Waals surface area (Å²) in [5.41, 5.74) is 1.67. The first-order valence-electron chi connectivity index (χ1n) is 6.76. The quantitative estimate of drug-likeness (QED) is 0.795. The summed E-state index contributed by atoms with van der Waals surface area (Å²) in [6.07, 6.45) is -0.316. The number of aliphatic hydroxyl groups excluding tert-OH is 1. The molecule has 1 aliphatic heterocycles. The third-order valence-electron chi connectivity index (χ3n) is 4.12. The summed E-state index contributed by atoms with van der Waals surface area (Å²) in [5, 5.41) is 9.15. The second-order valence-electron chi connectivity index (χ2n) is 5.64. The van der Waals surface area contributed by atoms with E-state index >= 15 is 0 Å². The number of rotatable bonds is 3. The first-order valence-corrected chi connectivity index (χ1v) is 10.1. The SMILES string of the molecule is O=S1(=O)CCC(S(=O)(=O)N[C@H]2c3ccccc3C[C@H]2O)C1. The highest BCUT2D eigenvalue weighted by atomic mass is 32.2. The van der Waals surface area contributed by atoms with Gasteiger partial charge in [0, 0.05) is 6.42 Å². The summed E-state index contributed by atoms with van der Waals surface area (Å²) in [7, 11) is -7.05. The van der Waals surface area contributed by atoms with E-state index in [0.29, 0.717) is 6.42 Å². The van der Waals surface area contributed by atoms with E-state index in [1.807, 2.05) is 12.1 Å². The van der Waals surface area contributed by atoms with Crippen molar-refractivity contribution in [3.63, 3.8) is 0 Å². The number of sulfonamides is 1. The predicted molar refractivity (Wildman–Crippen MR) is 78.0 cm³/mol. The van der Waals surface area contributed by atoms with Crippen LogP contribution in [0.5, 0.6) is 0 Å². The molecule has 116 valence electrons. The zero-order chi connectivity index (χ0) is 15.3. The zero-order valence-corrected chi connectivity index (χ0v) is 12.9. The third-order valence-corrected chi connectivity index (χ3v) is 7.97. The Morgan fingerprint density at radius 1 is 1.24 bits per heavy atom. The van der Waals surface area contributed by atoms with E-state index in [0.717, 1.165) is 11.1 Å². The van der Waals surface area contributed by atoms with Crippen LogP contribution in [-0.2, 0) is 26.3 Å². The van der Waals surface area contributed by atoms with E-state index in [4.69, 9.17) is 0 Å². The minimum absolute atomic E-state index is 0.0949. The zero-order valence-electron chi connectivity index (χ0n) is 11.3. The van der Waals surface area contributed by atoms with Crippen molar-refractivity contribution in [2.75, 3.05) is 11.5 Å². The van der Waals surface area contributed by atoms with Crippen molar-refractivity contribution in [1.82, 2.24) is 4.72 Å². The van der Waals surface area contributed by atoms with Crippen LogP contribution >= 0.6 is 0 Å². The van der Waals surface area contributed by atoms with Gasteiger partial charge in [0.15, 0.2) is 9.84 Å². The fraction of sp³-hybridized carbons (Fsp3) is 0.538. The molecule has 1 fully saturated rings. The molecule has 0 amide bonds. The van der Waals surface area contributed by atoms with Gasteiger partial charge in [-0.05, 0) is 17.5 Å². The van der Waals surface area contributed by atoms with Gasteiger partial charge in [-0.25, -0.2) is 21.6 Å².